The van der Waals surface area contributed by atoms with Crippen molar-refractivity contribution in [3.05, 3.63) is 64.2 Å². The van der Waals surface area contributed by atoms with Crippen LogP contribution in [-0.2, 0) is 0 Å². The molecule has 0 unspecified atom stereocenters. The number of nitrogens with one attached hydrogen (secondary N) is 1. The molecule has 0 saturated carbocycles. The van der Waals surface area contributed by atoms with Gasteiger partial charge in [0.25, 0.3) is 5.69 Å². The predicted octanol–water partition coefficient (Wildman–Crippen LogP) is 2.91. The summed E-state index contributed by atoms with van der Waals surface area (Å²) in [6, 6.07) is 14.3. The molecule has 0 heterocycles. The number of nitro benzene ring substituents is 1. The van der Waals surface area contributed by atoms with Crippen LogP contribution >= 0.6 is 24.0 Å². The van der Waals surface area contributed by atoms with E-state index in [1.807, 2.05) is 30.3 Å². The second kappa shape index (κ2) is 7.53. The van der Waals surface area contributed by atoms with Crippen molar-refractivity contribution < 1.29 is 4.92 Å². The zero-order valence-corrected chi connectivity index (χ0v) is 12.9. The largest absolute Gasteiger partial charge is 0.375 e. The zero-order valence-electron chi connectivity index (χ0n) is 11.3. The molecule has 0 atom stereocenters. The maximum atomic E-state index is 10.9. The molecule has 0 amide bonds. The van der Waals surface area contributed by atoms with Crippen molar-refractivity contribution in [2.75, 3.05) is 0 Å². The molecule has 0 fully saturated rings. The van der Waals surface area contributed by atoms with Gasteiger partial charge in [-0.2, -0.15) is 5.10 Å². The smallest absolute Gasteiger partial charge is 0.270 e. The number of hydrazone groups is 1. The molecule has 112 valence electrons. The van der Waals surface area contributed by atoms with Crippen LogP contribution in [0.1, 0.15) is 5.56 Å². The first-order chi connectivity index (χ1) is 10.6. The molecule has 2 aromatic carbocycles. The maximum absolute atomic E-state index is 10.9. The van der Waals surface area contributed by atoms with Gasteiger partial charge in [-0.1, -0.05) is 30.0 Å². The lowest BCUT2D eigenvalue weighted by Gasteiger charge is -2.06. The molecule has 6 nitrogen and oxygen atoms in total. The third-order valence-corrected chi connectivity index (χ3v) is 3.74. The summed E-state index contributed by atoms with van der Waals surface area (Å²) in [4.78, 5) is 12.3. The molecule has 0 aliphatic carbocycles. The summed E-state index contributed by atoms with van der Waals surface area (Å²) >= 11 is 6.14. The molecule has 0 aliphatic rings. The molecule has 0 aliphatic heterocycles. The number of thiocarbonyl (C=S) groups is 1. The maximum Gasteiger partial charge on any atom is 0.270 e. The highest BCUT2D eigenvalue weighted by Crippen LogP contribution is 2.31. The Balaban J connectivity index is 2.32. The normalized spacial score (nSPS) is 10.5. The van der Waals surface area contributed by atoms with Crippen LogP contribution in [0.4, 0.5) is 5.69 Å². The second-order valence-corrected chi connectivity index (χ2v) is 5.68. The Kier molecular flexibility index (Phi) is 5.45. The molecular weight excluding hydrogens is 320 g/mol. The SMILES string of the molecule is NC(=S)NN=Cc1cc([N+](=O)[O-])ccc1Sc1ccccc1. The number of hydrogen-bond acceptors (Lipinski definition) is 5. The minimum absolute atomic E-state index is 0.00538. The number of hydrogen-bond donors (Lipinski definition) is 2. The van der Waals surface area contributed by atoms with Gasteiger partial charge in [-0.25, -0.2) is 0 Å². The first kappa shape index (κ1) is 15.9. The molecule has 2 rings (SSSR count). The van der Waals surface area contributed by atoms with Crippen LogP contribution < -0.4 is 11.2 Å². The van der Waals surface area contributed by atoms with E-state index in [0.29, 0.717) is 5.56 Å². The molecule has 8 heteroatoms. The fourth-order valence-electron chi connectivity index (χ4n) is 1.62. The molecule has 0 radical (unpaired) electrons. The van der Waals surface area contributed by atoms with E-state index in [4.69, 9.17) is 5.73 Å². The minimum atomic E-state index is -0.449. The standard InChI is InChI=1S/C14H12N4O2S2/c15-14(21)17-16-9-10-8-11(18(19)20)6-7-13(10)22-12-4-2-1-3-5-12/h1-9H,(H3,15,17,21). The summed E-state index contributed by atoms with van der Waals surface area (Å²) in [5.41, 5.74) is 8.32. The Morgan fingerprint density at radius 1 is 1.32 bits per heavy atom. The Morgan fingerprint density at radius 2 is 2.05 bits per heavy atom. The minimum Gasteiger partial charge on any atom is -0.375 e. The van der Waals surface area contributed by atoms with Gasteiger partial charge >= 0.3 is 0 Å². The average molecular weight is 332 g/mol. The van der Waals surface area contributed by atoms with E-state index in [1.54, 1.807) is 6.07 Å². The highest BCUT2D eigenvalue weighted by atomic mass is 32.2. The summed E-state index contributed by atoms with van der Waals surface area (Å²) in [5.74, 6) is 0. The van der Waals surface area contributed by atoms with E-state index in [-0.39, 0.29) is 10.8 Å². The molecule has 0 bridgehead atoms. The van der Waals surface area contributed by atoms with E-state index in [1.165, 1.54) is 30.1 Å². The van der Waals surface area contributed by atoms with Crippen LogP contribution in [0.15, 0.2) is 63.4 Å². The van der Waals surface area contributed by atoms with Crippen LogP contribution in [0.5, 0.6) is 0 Å². The van der Waals surface area contributed by atoms with Crippen LogP contribution in [-0.4, -0.2) is 16.3 Å². The Morgan fingerprint density at radius 3 is 2.68 bits per heavy atom. The summed E-state index contributed by atoms with van der Waals surface area (Å²) in [5, 5.41) is 14.8. The Bertz CT molecular complexity index is 720. The monoisotopic (exact) mass is 332 g/mol. The lowest BCUT2D eigenvalue weighted by molar-refractivity contribution is -0.384. The van der Waals surface area contributed by atoms with E-state index < -0.39 is 4.92 Å². The molecule has 2 aromatic rings. The van der Waals surface area contributed by atoms with Crippen molar-refractivity contribution in [1.82, 2.24) is 5.43 Å². The summed E-state index contributed by atoms with van der Waals surface area (Å²) in [7, 11) is 0. The topological polar surface area (TPSA) is 93.5 Å². The van der Waals surface area contributed by atoms with Crippen molar-refractivity contribution in [2.24, 2.45) is 10.8 Å². The van der Waals surface area contributed by atoms with Crippen LogP contribution in [0.3, 0.4) is 0 Å². The molecular formula is C14H12N4O2S2. The number of non-ortho nitro benzene ring substituents is 1. The van der Waals surface area contributed by atoms with Crippen molar-refractivity contribution in [3.8, 4) is 0 Å². The van der Waals surface area contributed by atoms with Crippen molar-refractivity contribution in [3.63, 3.8) is 0 Å². The molecule has 0 saturated heterocycles. The molecule has 3 N–H and O–H groups in total. The van der Waals surface area contributed by atoms with Crippen molar-refractivity contribution in [2.45, 2.75) is 9.79 Å². The lowest BCUT2D eigenvalue weighted by atomic mass is 10.2. The lowest BCUT2D eigenvalue weighted by Crippen LogP contribution is -2.24. The first-order valence-electron chi connectivity index (χ1n) is 6.16. The first-order valence-corrected chi connectivity index (χ1v) is 7.38. The van der Waals surface area contributed by atoms with E-state index in [9.17, 15) is 10.1 Å². The Labute approximate surface area is 136 Å². The van der Waals surface area contributed by atoms with Gasteiger partial charge in [-0.15, -0.1) is 0 Å². The summed E-state index contributed by atoms with van der Waals surface area (Å²) in [6.07, 6.45) is 1.46. The second-order valence-electron chi connectivity index (χ2n) is 4.13. The number of benzene rings is 2. The fraction of sp³-hybridized carbons (Fsp3) is 0. The van der Waals surface area contributed by atoms with E-state index in [2.05, 4.69) is 22.7 Å². The summed E-state index contributed by atoms with van der Waals surface area (Å²) < 4.78 is 0. The molecule has 0 aromatic heterocycles. The van der Waals surface area contributed by atoms with Gasteiger partial charge in [0.15, 0.2) is 5.11 Å². The number of nitrogens with two attached hydrogens (primary N) is 1. The quantitative estimate of drug-likeness (QED) is 0.378. The highest BCUT2D eigenvalue weighted by Gasteiger charge is 2.10. The number of rotatable bonds is 5. The van der Waals surface area contributed by atoms with E-state index in [0.717, 1.165) is 9.79 Å². The van der Waals surface area contributed by atoms with Crippen LogP contribution in [0.2, 0.25) is 0 Å². The third-order valence-electron chi connectivity index (χ3n) is 2.55. The van der Waals surface area contributed by atoms with Crippen LogP contribution in [0, 0.1) is 10.1 Å². The number of nitro groups is 1. The van der Waals surface area contributed by atoms with Gasteiger partial charge in [0, 0.05) is 27.5 Å². The van der Waals surface area contributed by atoms with Gasteiger partial charge in [0.1, 0.15) is 0 Å². The zero-order chi connectivity index (χ0) is 15.9. The molecule has 22 heavy (non-hydrogen) atoms. The van der Waals surface area contributed by atoms with E-state index >= 15 is 0 Å². The third kappa shape index (κ3) is 4.54. The fourth-order valence-corrected chi connectivity index (χ4v) is 2.59. The average Bonchev–Trinajstić information content (AvgIpc) is 2.49. The number of nitrogens with zero attached hydrogens (tertiary/aromatic N) is 2. The Hall–Kier alpha value is -2.45. The van der Waals surface area contributed by atoms with Crippen molar-refractivity contribution in [1.29, 1.82) is 0 Å². The summed E-state index contributed by atoms with van der Waals surface area (Å²) in [6.45, 7) is 0. The predicted molar refractivity (Wildman–Crippen MR) is 91.2 cm³/mol. The van der Waals surface area contributed by atoms with Gasteiger partial charge < -0.3 is 5.73 Å². The highest BCUT2D eigenvalue weighted by molar-refractivity contribution is 7.99. The van der Waals surface area contributed by atoms with Gasteiger partial charge in [-0.05, 0) is 30.4 Å². The van der Waals surface area contributed by atoms with Gasteiger partial charge in [0.2, 0.25) is 0 Å². The van der Waals surface area contributed by atoms with Crippen molar-refractivity contribution >= 4 is 41.0 Å². The van der Waals surface area contributed by atoms with Crippen LogP contribution in [0.25, 0.3) is 0 Å². The van der Waals surface area contributed by atoms with Gasteiger partial charge in [-0.3, -0.25) is 15.5 Å². The van der Waals surface area contributed by atoms with Gasteiger partial charge in [0.05, 0.1) is 11.1 Å². The molecule has 0 spiro atoms.